The predicted octanol–water partition coefficient (Wildman–Crippen LogP) is 2.32. The SMILES string of the molecule is NCCC1(Nc2ccc(F)c(Cl)c2)CCCN1. The van der Waals surface area contributed by atoms with Crippen LogP contribution in [0.15, 0.2) is 18.2 Å². The van der Waals surface area contributed by atoms with E-state index >= 15 is 0 Å². The predicted molar refractivity (Wildman–Crippen MR) is 68.7 cm³/mol. The average Bonchev–Trinajstić information content (AvgIpc) is 2.73. The molecule has 0 aromatic heterocycles. The number of halogens is 2. The summed E-state index contributed by atoms with van der Waals surface area (Å²) in [6.07, 6.45) is 2.96. The van der Waals surface area contributed by atoms with E-state index in [1.165, 1.54) is 6.07 Å². The summed E-state index contributed by atoms with van der Waals surface area (Å²) in [4.78, 5) is 0. The Kier molecular flexibility index (Phi) is 3.86. The van der Waals surface area contributed by atoms with Crippen LogP contribution >= 0.6 is 11.6 Å². The van der Waals surface area contributed by atoms with Crippen molar-refractivity contribution in [3.05, 3.63) is 29.0 Å². The summed E-state index contributed by atoms with van der Waals surface area (Å²) in [6.45, 7) is 1.58. The fourth-order valence-corrected chi connectivity index (χ4v) is 2.47. The van der Waals surface area contributed by atoms with Crippen LogP contribution in [0.25, 0.3) is 0 Å². The van der Waals surface area contributed by atoms with Crippen LogP contribution < -0.4 is 16.4 Å². The van der Waals surface area contributed by atoms with Crippen LogP contribution in [0, 0.1) is 5.82 Å². The van der Waals surface area contributed by atoms with Gasteiger partial charge in [-0.15, -0.1) is 0 Å². The van der Waals surface area contributed by atoms with Crippen LogP contribution in [-0.4, -0.2) is 18.8 Å². The molecule has 1 heterocycles. The van der Waals surface area contributed by atoms with Gasteiger partial charge in [0.25, 0.3) is 0 Å². The largest absolute Gasteiger partial charge is 0.367 e. The van der Waals surface area contributed by atoms with Gasteiger partial charge in [-0.25, -0.2) is 4.39 Å². The van der Waals surface area contributed by atoms with Gasteiger partial charge in [-0.05, 0) is 50.6 Å². The molecule has 1 unspecified atom stereocenters. The second-order valence-corrected chi connectivity index (χ2v) is 4.81. The highest BCUT2D eigenvalue weighted by atomic mass is 35.5. The molecule has 1 aliphatic rings. The van der Waals surface area contributed by atoms with E-state index < -0.39 is 5.82 Å². The Bertz CT molecular complexity index is 391. The van der Waals surface area contributed by atoms with Crippen molar-refractivity contribution in [3.8, 4) is 0 Å². The van der Waals surface area contributed by atoms with Crippen molar-refractivity contribution < 1.29 is 4.39 Å². The zero-order valence-corrected chi connectivity index (χ0v) is 10.4. The Morgan fingerprint density at radius 1 is 1.53 bits per heavy atom. The lowest BCUT2D eigenvalue weighted by molar-refractivity contribution is 0.404. The summed E-state index contributed by atoms with van der Waals surface area (Å²) < 4.78 is 13.1. The first-order valence-electron chi connectivity index (χ1n) is 5.83. The maximum atomic E-state index is 13.1. The number of anilines is 1. The minimum absolute atomic E-state index is 0.135. The Hall–Kier alpha value is -0.840. The lowest BCUT2D eigenvalue weighted by atomic mass is 10.0. The van der Waals surface area contributed by atoms with Gasteiger partial charge in [0.1, 0.15) is 5.82 Å². The highest BCUT2D eigenvalue weighted by Crippen LogP contribution is 2.27. The van der Waals surface area contributed by atoms with Crippen LogP contribution in [0.2, 0.25) is 5.02 Å². The Balaban J connectivity index is 2.14. The van der Waals surface area contributed by atoms with Crippen molar-refractivity contribution in [3.63, 3.8) is 0 Å². The molecule has 0 saturated carbocycles. The zero-order valence-electron chi connectivity index (χ0n) is 9.60. The highest BCUT2D eigenvalue weighted by Gasteiger charge is 2.32. The average molecular weight is 258 g/mol. The molecule has 3 nitrogen and oxygen atoms in total. The molecule has 17 heavy (non-hydrogen) atoms. The first-order valence-corrected chi connectivity index (χ1v) is 6.21. The molecule has 1 atom stereocenters. The summed E-state index contributed by atoms with van der Waals surface area (Å²) in [5, 5.41) is 6.94. The summed E-state index contributed by atoms with van der Waals surface area (Å²) in [5.41, 5.74) is 6.28. The van der Waals surface area contributed by atoms with Gasteiger partial charge in [0.2, 0.25) is 0 Å². The van der Waals surface area contributed by atoms with Crippen molar-refractivity contribution in [2.45, 2.75) is 24.9 Å². The maximum absolute atomic E-state index is 13.1. The molecule has 1 aliphatic heterocycles. The van der Waals surface area contributed by atoms with E-state index in [-0.39, 0.29) is 10.7 Å². The number of rotatable bonds is 4. The molecule has 5 heteroatoms. The molecule has 0 amide bonds. The van der Waals surface area contributed by atoms with Gasteiger partial charge in [-0.2, -0.15) is 0 Å². The number of hydrogen-bond acceptors (Lipinski definition) is 3. The Morgan fingerprint density at radius 2 is 2.35 bits per heavy atom. The van der Waals surface area contributed by atoms with Gasteiger partial charge in [0, 0.05) is 5.69 Å². The Morgan fingerprint density at radius 3 is 2.94 bits per heavy atom. The molecule has 4 N–H and O–H groups in total. The van der Waals surface area contributed by atoms with Gasteiger partial charge in [0.05, 0.1) is 10.7 Å². The Labute approximate surface area is 106 Å². The van der Waals surface area contributed by atoms with Gasteiger partial charge in [-0.3, -0.25) is 5.32 Å². The van der Waals surface area contributed by atoms with Gasteiger partial charge in [0.15, 0.2) is 0 Å². The van der Waals surface area contributed by atoms with Crippen LogP contribution in [-0.2, 0) is 0 Å². The third kappa shape index (κ3) is 2.89. The monoisotopic (exact) mass is 257 g/mol. The van der Waals surface area contributed by atoms with E-state index in [2.05, 4.69) is 10.6 Å². The molecule has 0 bridgehead atoms. The van der Waals surface area contributed by atoms with Crippen LogP contribution in [0.1, 0.15) is 19.3 Å². The second kappa shape index (κ2) is 5.21. The first-order chi connectivity index (χ1) is 8.15. The summed E-state index contributed by atoms with van der Waals surface area (Å²) in [7, 11) is 0. The lowest BCUT2D eigenvalue weighted by Gasteiger charge is -2.31. The van der Waals surface area contributed by atoms with E-state index in [4.69, 9.17) is 17.3 Å². The zero-order chi connectivity index (χ0) is 12.3. The molecular formula is C12H17ClFN3. The summed E-state index contributed by atoms with van der Waals surface area (Å²) in [5.74, 6) is -0.399. The topological polar surface area (TPSA) is 50.1 Å². The van der Waals surface area contributed by atoms with Crippen molar-refractivity contribution in [1.29, 1.82) is 0 Å². The van der Waals surface area contributed by atoms with Crippen molar-refractivity contribution in [2.24, 2.45) is 5.73 Å². The van der Waals surface area contributed by atoms with Gasteiger partial charge >= 0.3 is 0 Å². The third-order valence-electron chi connectivity index (χ3n) is 3.12. The third-order valence-corrected chi connectivity index (χ3v) is 3.41. The van der Waals surface area contributed by atoms with Crippen LogP contribution in [0.3, 0.4) is 0 Å². The van der Waals surface area contributed by atoms with Gasteiger partial charge < -0.3 is 11.1 Å². The van der Waals surface area contributed by atoms with E-state index in [1.54, 1.807) is 12.1 Å². The van der Waals surface area contributed by atoms with Crippen molar-refractivity contribution >= 4 is 17.3 Å². The van der Waals surface area contributed by atoms with E-state index in [1.807, 2.05) is 0 Å². The normalized spacial score (nSPS) is 23.9. The quantitative estimate of drug-likeness (QED) is 0.776. The highest BCUT2D eigenvalue weighted by molar-refractivity contribution is 6.31. The molecule has 1 aromatic carbocycles. The minimum Gasteiger partial charge on any atom is -0.367 e. The molecule has 0 spiro atoms. The van der Waals surface area contributed by atoms with Crippen LogP contribution in [0.5, 0.6) is 0 Å². The molecule has 0 radical (unpaired) electrons. The lowest BCUT2D eigenvalue weighted by Crippen LogP contribution is -2.48. The molecule has 94 valence electrons. The maximum Gasteiger partial charge on any atom is 0.141 e. The number of nitrogens with one attached hydrogen (secondary N) is 2. The molecular weight excluding hydrogens is 241 g/mol. The molecule has 1 fully saturated rings. The van der Waals surface area contributed by atoms with Gasteiger partial charge in [-0.1, -0.05) is 11.6 Å². The fraction of sp³-hybridized carbons (Fsp3) is 0.500. The number of benzene rings is 1. The second-order valence-electron chi connectivity index (χ2n) is 4.40. The molecule has 2 rings (SSSR count). The summed E-state index contributed by atoms with van der Waals surface area (Å²) >= 11 is 5.76. The molecule has 1 aromatic rings. The number of nitrogens with two attached hydrogens (primary N) is 1. The van der Waals surface area contributed by atoms with E-state index in [0.717, 1.165) is 31.5 Å². The van der Waals surface area contributed by atoms with Crippen molar-refractivity contribution in [1.82, 2.24) is 5.32 Å². The van der Waals surface area contributed by atoms with Crippen molar-refractivity contribution in [2.75, 3.05) is 18.4 Å². The fourth-order valence-electron chi connectivity index (χ4n) is 2.29. The van der Waals surface area contributed by atoms with E-state index in [0.29, 0.717) is 6.54 Å². The van der Waals surface area contributed by atoms with Crippen LogP contribution in [0.4, 0.5) is 10.1 Å². The standard InChI is InChI=1S/C12H17ClFN3/c13-10-8-9(2-3-11(10)14)17-12(5-6-15)4-1-7-16-12/h2-3,8,16-17H,1,4-7,15H2. The summed E-state index contributed by atoms with van der Waals surface area (Å²) in [6, 6.07) is 4.67. The van der Waals surface area contributed by atoms with E-state index in [9.17, 15) is 4.39 Å². The minimum atomic E-state index is -0.399. The smallest absolute Gasteiger partial charge is 0.141 e. The number of hydrogen-bond donors (Lipinski definition) is 3. The first kappa shape index (κ1) is 12.6. The molecule has 0 aliphatic carbocycles. The molecule has 1 saturated heterocycles.